The second-order valence-electron chi connectivity index (χ2n) is 4.69. The molecule has 1 N–H and O–H groups in total. The Bertz CT molecular complexity index is 679. The van der Waals surface area contributed by atoms with E-state index in [1.54, 1.807) is 29.5 Å². The largest absolute Gasteiger partial charge is 0.271 e. The molecule has 7 nitrogen and oxygen atoms in total. The molecular formula is C12H15N5O2S. The van der Waals surface area contributed by atoms with Crippen LogP contribution in [-0.4, -0.2) is 40.0 Å². The summed E-state index contributed by atoms with van der Waals surface area (Å²) >= 11 is 0. The monoisotopic (exact) mass is 293 g/mol. The Kier molecular flexibility index (Phi) is 3.49. The first-order valence-electron chi connectivity index (χ1n) is 6.43. The summed E-state index contributed by atoms with van der Waals surface area (Å²) in [5, 5.41) is 4.15. The summed E-state index contributed by atoms with van der Waals surface area (Å²) in [4.78, 5) is 8.15. The standard InChI is InChI=1S/C12H15N5O2S/c18-20(19,10-1-2-10)15-6-8-17-7-3-11(16-17)12-9-13-4-5-14-12/h3-5,7,9-10,15H,1-2,6,8H2. The van der Waals surface area contributed by atoms with Crippen LogP contribution in [0.2, 0.25) is 0 Å². The van der Waals surface area contributed by atoms with Crippen LogP contribution in [0.1, 0.15) is 12.8 Å². The average Bonchev–Trinajstić information content (AvgIpc) is 3.21. The number of rotatable bonds is 6. The maximum Gasteiger partial charge on any atom is 0.214 e. The zero-order valence-electron chi connectivity index (χ0n) is 10.8. The molecule has 2 heterocycles. The van der Waals surface area contributed by atoms with Crippen molar-refractivity contribution >= 4 is 10.0 Å². The van der Waals surface area contributed by atoms with Gasteiger partial charge in [-0.15, -0.1) is 0 Å². The van der Waals surface area contributed by atoms with Gasteiger partial charge in [0.05, 0.1) is 18.0 Å². The van der Waals surface area contributed by atoms with Crippen molar-refractivity contribution in [3.8, 4) is 11.4 Å². The molecule has 8 heteroatoms. The van der Waals surface area contributed by atoms with Crippen molar-refractivity contribution in [3.63, 3.8) is 0 Å². The molecular weight excluding hydrogens is 278 g/mol. The average molecular weight is 293 g/mol. The van der Waals surface area contributed by atoms with E-state index in [9.17, 15) is 8.42 Å². The molecule has 2 aromatic rings. The van der Waals surface area contributed by atoms with E-state index in [4.69, 9.17) is 0 Å². The summed E-state index contributed by atoms with van der Waals surface area (Å²) in [6.07, 6.45) is 8.20. The third kappa shape index (κ3) is 3.02. The lowest BCUT2D eigenvalue weighted by Crippen LogP contribution is -2.30. The topological polar surface area (TPSA) is 89.8 Å². The third-order valence-electron chi connectivity index (χ3n) is 3.07. The second-order valence-corrected chi connectivity index (χ2v) is 6.74. The molecule has 1 aliphatic carbocycles. The van der Waals surface area contributed by atoms with Crippen molar-refractivity contribution in [2.45, 2.75) is 24.6 Å². The van der Waals surface area contributed by atoms with Crippen molar-refractivity contribution in [1.82, 2.24) is 24.5 Å². The molecule has 0 amide bonds. The van der Waals surface area contributed by atoms with Gasteiger partial charge in [-0.25, -0.2) is 13.1 Å². The van der Waals surface area contributed by atoms with E-state index in [1.807, 2.05) is 6.07 Å². The minimum Gasteiger partial charge on any atom is -0.271 e. The molecule has 2 aromatic heterocycles. The zero-order valence-corrected chi connectivity index (χ0v) is 11.6. The molecule has 0 radical (unpaired) electrons. The molecule has 0 bridgehead atoms. The van der Waals surface area contributed by atoms with E-state index < -0.39 is 10.0 Å². The molecule has 20 heavy (non-hydrogen) atoms. The summed E-state index contributed by atoms with van der Waals surface area (Å²) in [7, 11) is -3.12. The SMILES string of the molecule is O=S(=O)(NCCn1ccc(-c2cnccn2)n1)C1CC1. The van der Waals surface area contributed by atoms with Crippen LogP contribution in [0.4, 0.5) is 0 Å². The van der Waals surface area contributed by atoms with Crippen molar-refractivity contribution in [1.29, 1.82) is 0 Å². The molecule has 1 saturated carbocycles. The molecule has 0 unspecified atom stereocenters. The maximum atomic E-state index is 11.7. The van der Waals surface area contributed by atoms with Crippen LogP contribution in [0.5, 0.6) is 0 Å². The van der Waals surface area contributed by atoms with Crippen LogP contribution in [-0.2, 0) is 16.6 Å². The Hall–Kier alpha value is -1.80. The van der Waals surface area contributed by atoms with Gasteiger partial charge in [-0.05, 0) is 18.9 Å². The number of nitrogens with zero attached hydrogens (tertiary/aromatic N) is 4. The van der Waals surface area contributed by atoms with E-state index >= 15 is 0 Å². The fraction of sp³-hybridized carbons (Fsp3) is 0.417. The van der Waals surface area contributed by atoms with Crippen molar-refractivity contribution < 1.29 is 8.42 Å². The molecule has 0 saturated heterocycles. The Morgan fingerprint density at radius 3 is 2.85 bits per heavy atom. The van der Waals surface area contributed by atoms with E-state index in [-0.39, 0.29) is 5.25 Å². The predicted octanol–water partition coefficient (Wildman–Crippen LogP) is 0.422. The molecule has 0 aromatic carbocycles. The van der Waals surface area contributed by atoms with Gasteiger partial charge >= 0.3 is 0 Å². The molecule has 3 rings (SSSR count). The third-order valence-corrected chi connectivity index (χ3v) is 5.03. The van der Waals surface area contributed by atoms with Gasteiger partial charge in [0.1, 0.15) is 11.4 Å². The lowest BCUT2D eigenvalue weighted by molar-refractivity contribution is 0.560. The Labute approximate surface area is 117 Å². The highest BCUT2D eigenvalue weighted by molar-refractivity contribution is 7.90. The van der Waals surface area contributed by atoms with E-state index in [1.165, 1.54) is 0 Å². The number of nitrogens with one attached hydrogen (secondary N) is 1. The predicted molar refractivity (Wildman–Crippen MR) is 73.2 cm³/mol. The van der Waals surface area contributed by atoms with Crippen LogP contribution < -0.4 is 4.72 Å². The van der Waals surface area contributed by atoms with Gasteiger partial charge in [0.25, 0.3) is 0 Å². The van der Waals surface area contributed by atoms with Gasteiger partial charge < -0.3 is 0 Å². The van der Waals surface area contributed by atoms with Crippen LogP contribution in [0, 0.1) is 0 Å². The van der Waals surface area contributed by atoms with Gasteiger partial charge in [-0.2, -0.15) is 5.10 Å². The summed E-state index contributed by atoms with van der Waals surface area (Å²) in [5.74, 6) is 0. The Balaban J connectivity index is 1.58. The molecule has 0 aliphatic heterocycles. The minimum absolute atomic E-state index is 0.185. The van der Waals surface area contributed by atoms with Gasteiger partial charge in [0, 0.05) is 25.1 Å². The first kappa shape index (κ1) is 13.2. The summed E-state index contributed by atoms with van der Waals surface area (Å²) < 4.78 is 27.6. The fourth-order valence-corrected chi connectivity index (χ4v) is 3.22. The highest BCUT2D eigenvalue weighted by Crippen LogP contribution is 2.27. The molecule has 0 atom stereocenters. The Morgan fingerprint density at radius 1 is 1.30 bits per heavy atom. The van der Waals surface area contributed by atoms with Crippen molar-refractivity contribution in [2.24, 2.45) is 0 Å². The normalized spacial score (nSPS) is 15.4. The molecule has 0 spiro atoms. The highest BCUT2D eigenvalue weighted by atomic mass is 32.2. The van der Waals surface area contributed by atoms with E-state index in [0.717, 1.165) is 18.5 Å². The van der Waals surface area contributed by atoms with Gasteiger partial charge in [0.2, 0.25) is 10.0 Å². The van der Waals surface area contributed by atoms with Crippen LogP contribution >= 0.6 is 0 Å². The van der Waals surface area contributed by atoms with Gasteiger partial charge in [0.15, 0.2) is 0 Å². The number of aromatic nitrogens is 4. The molecule has 1 aliphatic rings. The minimum atomic E-state index is -3.12. The number of sulfonamides is 1. The Morgan fingerprint density at radius 2 is 2.15 bits per heavy atom. The van der Waals surface area contributed by atoms with Crippen LogP contribution in [0.25, 0.3) is 11.4 Å². The smallest absolute Gasteiger partial charge is 0.214 e. The number of hydrogen-bond acceptors (Lipinski definition) is 5. The molecule has 1 fully saturated rings. The summed E-state index contributed by atoms with van der Waals surface area (Å²) in [5.41, 5.74) is 1.42. The number of hydrogen-bond donors (Lipinski definition) is 1. The van der Waals surface area contributed by atoms with Crippen LogP contribution in [0.15, 0.2) is 30.9 Å². The lowest BCUT2D eigenvalue weighted by Gasteiger charge is -2.05. The van der Waals surface area contributed by atoms with Gasteiger partial charge in [-0.3, -0.25) is 14.6 Å². The van der Waals surface area contributed by atoms with Crippen molar-refractivity contribution in [3.05, 3.63) is 30.9 Å². The quantitative estimate of drug-likeness (QED) is 0.833. The van der Waals surface area contributed by atoms with Gasteiger partial charge in [-0.1, -0.05) is 0 Å². The fourth-order valence-electron chi connectivity index (χ4n) is 1.85. The molecule has 106 valence electrons. The van der Waals surface area contributed by atoms with Crippen LogP contribution in [0.3, 0.4) is 0 Å². The first-order valence-corrected chi connectivity index (χ1v) is 7.98. The van der Waals surface area contributed by atoms with E-state index in [2.05, 4.69) is 19.8 Å². The highest BCUT2D eigenvalue weighted by Gasteiger charge is 2.35. The summed E-state index contributed by atoms with van der Waals surface area (Å²) in [6, 6.07) is 1.83. The van der Waals surface area contributed by atoms with Crippen molar-refractivity contribution in [2.75, 3.05) is 6.54 Å². The summed E-state index contributed by atoms with van der Waals surface area (Å²) in [6.45, 7) is 0.840. The zero-order chi connectivity index (χ0) is 14.0. The van der Waals surface area contributed by atoms with E-state index in [0.29, 0.717) is 18.8 Å². The lowest BCUT2D eigenvalue weighted by atomic mass is 10.3. The maximum absolute atomic E-state index is 11.7. The second kappa shape index (κ2) is 5.29. The first-order chi connectivity index (χ1) is 9.65.